The van der Waals surface area contributed by atoms with Gasteiger partial charge in [0.1, 0.15) is 0 Å². The predicted octanol–water partition coefficient (Wildman–Crippen LogP) is 5.40. The molecule has 0 radical (unpaired) electrons. The van der Waals surface area contributed by atoms with Crippen molar-refractivity contribution in [3.05, 3.63) is 120 Å². The summed E-state index contributed by atoms with van der Waals surface area (Å²) >= 11 is 0. The van der Waals surface area contributed by atoms with E-state index in [0.717, 1.165) is 22.0 Å². The Bertz CT molecular complexity index is 1350. The molecule has 0 amide bonds. The molecule has 32 heavy (non-hydrogen) atoms. The number of hydrogen-bond donors (Lipinski definition) is 0. The average Bonchev–Trinajstić information content (AvgIpc) is 3.21. The predicted molar refractivity (Wildman–Crippen MR) is 136 cm³/mol. The zero-order chi connectivity index (χ0) is 22.2. The fraction of sp³-hybridized carbons (Fsp3) is 0.0690. The summed E-state index contributed by atoms with van der Waals surface area (Å²) in [4.78, 5) is 0. The van der Waals surface area contributed by atoms with Crippen LogP contribution >= 0.6 is 6.60 Å². The van der Waals surface area contributed by atoms with Gasteiger partial charge in [-0.15, -0.1) is 0 Å². The van der Waals surface area contributed by atoms with Crippen molar-refractivity contribution in [2.24, 2.45) is 0 Å². The van der Waals surface area contributed by atoms with Crippen molar-refractivity contribution in [2.45, 2.75) is 6.92 Å². The molecular weight excluding hydrogens is 409 g/mol. The monoisotopic (exact) mass is 433 g/mol. The van der Waals surface area contributed by atoms with Crippen LogP contribution in [0.3, 0.4) is 0 Å². The summed E-state index contributed by atoms with van der Waals surface area (Å²) in [6, 6.07) is 40.2. The summed E-state index contributed by atoms with van der Waals surface area (Å²) < 4.78 is 6.78. The first-order valence-corrected chi connectivity index (χ1v) is 13.4. The number of rotatable bonds is 4. The number of aryl methyl sites for hydroxylation is 1. The Morgan fingerprint density at radius 1 is 0.688 bits per heavy atom. The molecule has 0 N–H and O–H groups in total. The molecule has 0 saturated carbocycles. The van der Waals surface area contributed by atoms with Gasteiger partial charge in [-0.05, 0) is 0 Å². The summed E-state index contributed by atoms with van der Waals surface area (Å²) in [6.07, 6.45) is 0. The molecule has 156 valence electrons. The molecule has 2 nitrogen and oxygen atoms in total. The first-order valence-electron chi connectivity index (χ1n) is 10.7. The zero-order valence-electron chi connectivity index (χ0n) is 18.2. The second kappa shape index (κ2) is 7.49. The SMILES string of the molecule is Cc1c(P(C)(c2ccccc2)(c2ccccc2)c2ccccc2)oc2ccc(C#N)cc12. The van der Waals surface area contributed by atoms with E-state index in [2.05, 4.69) is 111 Å². The third kappa shape index (κ3) is 2.69. The first kappa shape index (κ1) is 20.3. The molecule has 0 fully saturated rings. The topological polar surface area (TPSA) is 36.9 Å². The number of fused-ring (bicyclic) bond motifs is 1. The molecule has 1 aromatic heterocycles. The Morgan fingerprint density at radius 3 is 1.59 bits per heavy atom. The van der Waals surface area contributed by atoms with E-state index in [1.807, 2.05) is 18.2 Å². The number of nitrogens with zero attached hydrogens (tertiary/aromatic N) is 1. The Hall–Kier alpha value is -3.66. The van der Waals surface area contributed by atoms with E-state index in [1.54, 1.807) is 0 Å². The van der Waals surface area contributed by atoms with E-state index in [-0.39, 0.29) is 0 Å². The van der Waals surface area contributed by atoms with Crippen LogP contribution in [0.4, 0.5) is 0 Å². The van der Waals surface area contributed by atoms with Gasteiger partial charge in [-0.3, -0.25) is 0 Å². The van der Waals surface area contributed by atoms with Crippen molar-refractivity contribution < 1.29 is 4.42 Å². The van der Waals surface area contributed by atoms with Gasteiger partial charge in [-0.1, -0.05) is 0 Å². The average molecular weight is 433 g/mol. The number of benzene rings is 4. The van der Waals surface area contributed by atoms with Gasteiger partial charge in [0.05, 0.1) is 0 Å². The first-order chi connectivity index (χ1) is 15.6. The number of hydrogen-bond acceptors (Lipinski definition) is 2. The summed E-state index contributed by atoms with van der Waals surface area (Å²) in [5.41, 5.74) is 3.54. The Morgan fingerprint density at radius 2 is 1.16 bits per heavy atom. The van der Waals surface area contributed by atoms with E-state index in [1.165, 1.54) is 15.9 Å². The van der Waals surface area contributed by atoms with Gasteiger partial charge in [0.2, 0.25) is 0 Å². The second-order valence-electron chi connectivity index (χ2n) is 8.43. The summed E-state index contributed by atoms with van der Waals surface area (Å²) in [6.45, 7) is 1.29. The van der Waals surface area contributed by atoms with E-state index in [4.69, 9.17) is 4.42 Å². The van der Waals surface area contributed by atoms with Crippen molar-refractivity contribution in [1.82, 2.24) is 0 Å². The van der Waals surface area contributed by atoms with E-state index in [0.29, 0.717) is 5.56 Å². The Balaban J connectivity index is 2.02. The molecule has 0 spiro atoms. The molecule has 0 aliphatic carbocycles. The van der Waals surface area contributed by atoms with Crippen molar-refractivity contribution in [1.29, 1.82) is 5.26 Å². The van der Waals surface area contributed by atoms with Crippen LogP contribution in [-0.2, 0) is 0 Å². The molecule has 0 bridgehead atoms. The second-order valence-corrected chi connectivity index (χ2v) is 13.5. The zero-order valence-corrected chi connectivity index (χ0v) is 19.1. The summed E-state index contributed by atoms with van der Waals surface area (Å²) in [7, 11) is 0. The minimum atomic E-state index is -3.23. The molecule has 0 atom stereocenters. The van der Waals surface area contributed by atoms with Crippen molar-refractivity contribution >= 4 is 39.0 Å². The van der Waals surface area contributed by atoms with Gasteiger partial charge >= 0.3 is 189 Å². The molecule has 0 saturated heterocycles. The van der Waals surface area contributed by atoms with Gasteiger partial charge in [-0.2, -0.15) is 0 Å². The number of furan rings is 1. The molecule has 0 unspecified atom stereocenters. The summed E-state index contributed by atoms with van der Waals surface area (Å²) in [5.74, 6) is 0. The summed E-state index contributed by atoms with van der Waals surface area (Å²) in [5, 5.41) is 14.2. The van der Waals surface area contributed by atoms with Crippen molar-refractivity contribution in [2.75, 3.05) is 6.66 Å². The Kier molecular flexibility index (Phi) is 4.74. The fourth-order valence-electron chi connectivity index (χ4n) is 5.01. The van der Waals surface area contributed by atoms with Gasteiger partial charge in [0.15, 0.2) is 0 Å². The quantitative estimate of drug-likeness (QED) is 0.356. The number of nitriles is 1. The molecule has 0 aliphatic rings. The van der Waals surface area contributed by atoms with Crippen molar-refractivity contribution in [3.63, 3.8) is 0 Å². The van der Waals surface area contributed by atoms with Crippen molar-refractivity contribution in [3.8, 4) is 6.07 Å². The normalized spacial score (nSPS) is 12.7. The van der Waals surface area contributed by atoms with E-state index >= 15 is 0 Å². The van der Waals surface area contributed by atoms with E-state index in [9.17, 15) is 5.26 Å². The third-order valence-electron chi connectivity index (χ3n) is 6.75. The maximum atomic E-state index is 9.47. The molecule has 5 aromatic rings. The van der Waals surface area contributed by atoms with Crippen LogP contribution in [0.15, 0.2) is 114 Å². The standard InChI is InChI=1S/C29H24NOP/c1-22-27-20-23(21-30)18-19-28(27)31-29(22)32(2,24-12-6-3-7-13-24,25-14-8-4-9-15-25)26-16-10-5-11-17-26/h3-20H,1-2H3. The van der Waals surface area contributed by atoms with Gasteiger partial charge in [0.25, 0.3) is 0 Å². The molecular formula is C29H24NOP. The molecule has 5 rings (SSSR count). The van der Waals surface area contributed by atoms with Gasteiger partial charge in [0, 0.05) is 0 Å². The maximum absolute atomic E-state index is 9.47. The molecule has 4 aromatic carbocycles. The fourth-order valence-corrected chi connectivity index (χ4v) is 10.6. The third-order valence-corrected chi connectivity index (χ3v) is 13.0. The van der Waals surface area contributed by atoms with Crippen LogP contribution < -0.4 is 21.4 Å². The molecule has 1 heterocycles. The van der Waals surface area contributed by atoms with Crippen LogP contribution in [-0.4, -0.2) is 6.66 Å². The van der Waals surface area contributed by atoms with Crippen LogP contribution in [0.25, 0.3) is 11.0 Å². The molecule has 0 aliphatic heterocycles. The van der Waals surface area contributed by atoms with E-state index < -0.39 is 6.60 Å². The van der Waals surface area contributed by atoms with Gasteiger partial charge < -0.3 is 0 Å². The van der Waals surface area contributed by atoms with Crippen LogP contribution in [0.1, 0.15) is 11.1 Å². The minimum absolute atomic E-state index is 0.642. The van der Waals surface area contributed by atoms with Gasteiger partial charge in [-0.25, -0.2) is 0 Å². The Labute approximate surface area is 188 Å². The van der Waals surface area contributed by atoms with Crippen LogP contribution in [0.5, 0.6) is 0 Å². The van der Waals surface area contributed by atoms with Crippen LogP contribution in [0.2, 0.25) is 0 Å². The molecule has 3 heteroatoms. The van der Waals surface area contributed by atoms with Crippen LogP contribution in [0, 0.1) is 18.3 Å².